The number of carbonyl (C=O) groups excluding carboxylic acids is 1. The van der Waals surface area contributed by atoms with E-state index in [0.717, 1.165) is 62.9 Å². The van der Waals surface area contributed by atoms with Crippen molar-refractivity contribution in [2.75, 3.05) is 53.5 Å². The fraction of sp³-hybridized carbons (Fsp3) is 0.682. The third-order valence-electron chi connectivity index (χ3n) is 6.29. The summed E-state index contributed by atoms with van der Waals surface area (Å²) in [4.78, 5) is 17.2. The maximum absolute atomic E-state index is 12.8. The molecule has 8 heteroatoms. The fourth-order valence-corrected chi connectivity index (χ4v) is 4.39. The SMILES string of the molecule is COc1ccc(OC)c(CN2CCN(C(=O)CC(C)C3CCNCC3)CC2)c1.Cl.Cl. The molecule has 2 aliphatic rings. The molecular formula is C22H37Cl2N3O3. The lowest BCUT2D eigenvalue weighted by Crippen LogP contribution is -2.48. The number of ether oxygens (including phenoxy) is 2. The summed E-state index contributed by atoms with van der Waals surface area (Å²) >= 11 is 0. The zero-order valence-corrected chi connectivity index (χ0v) is 20.0. The molecule has 1 amide bonds. The van der Waals surface area contributed by atoms with E-state index in [4.69, 9.17) is 9.47 Å². The lowest BCUT2D eigenvalue weighted by atomic mass is 9.84. The van der Waals surface area contributed by atoms with Crippen molar-refractivity contribution in [1.82, 2.24) is 15.1 Å². The van der Waals surface area contributed by atoms with Crippen molar-refractivity contribution < 1.29 is 14.3 Å². The van der Waals surface area contributed by atoms with Crippen LogP contribution < -0.4 is 14.8 Å². The van der Waals surface area contributed by atoms with E-state index in [2.05, 4.69) is 22.0 Å². The van der Waals surface area contributed by atoms with Gasteiger partial charge in [-0.2, -0.15) is 0 Å². The van der Waals surface area contributed by atoms with E-state index in [1.807, 2.05) is 18.2 Å². The van der Waals surface area contributed by atoms with Crippen LogP contribution in [0.3, 0.4) is 0 Å². The second kappa shape index (κ2) is 13.3. The minimum Gasteiger partial charge on any atom is -0.497 e. The van der Waals surface area contributed by atoms with Gasteiger partial charge < -0.3 is 19.7 Å². The molecule has 1 atom stereocenters. The number of amides is 1. The number of hydrogen-bond donors (Lipinski definition) is 1. The molecule has 0 spiro atoms. The van der Waals surface area contributed by atoms with Crippen molar-refractivity contribution in [2.45, 2.75) is 32.7 Å². The summed E-state index contributed by atoms with van der Waals surface area (Å²) in [5, 5.41) is 3.41. The number of hydrogen-bond acceptors (Lipinski definition) is 5. The van der Waals surface area contributed by atoms with Crippen molar-refractivity contribution in [3.05, 3.63) is 23.8 Å². The van der Waals surface area contributed by atoms with Gasteiger partial charge in [-0.3, -0.25) is 9.69 Å². The average molecular weight is 462 g/mol. The van der Waals surface area contributed by atoms with Gasteiger partial charge in [-0.05, 0) is 56.0 Å². The van der Waals surface area contributed by atoms with E-state index in [1.54, 1.807) is 14.2 Å². The lowest BCUT2D eigenvalue weighted by Gasteiger charge is -2.36. The van der Waals surface area contributed by atoms with Gasteiger partial charge in [-0.25, -0.2) is 0 Å². The molecule has 30 heavy (non-hydrogen) atoms. The maximum atomic E-state index is 12.8. The standard InChI is InChI=1S/C22H35N3O3.2ClH/c1-17(18-6-8-23-9-7-18)14-22(26)25-12-10-24(11-13-25)16-19-15-20(27-2)4-5-21(19)28-3;;/h4-5,15,17-18,23H,6-14,16H2,1-3H3;2*1H. The number of carbonyl (C=O) groups is 1. The summed E-state index contributed by atoms with van der Waals surface area (Å²) in [5.41, 5.74) is 1.13. The Morgan fingerprint density at radius 2 is 1.77 bits per heavy atom. The molecule has 2 aliphatic heterocycles. The van der Waals surface area contributed by atoms with Crippen molar-refractivity contribution >= 4 is 30.7 Å². The van der Waals surface area contributed by atoms with Crippen LogP contribution >= 0.6 is 24.8 Å². The minimum absolute atomic E-state index is 0. The second-order valence-corrected chi connectivity index (χ2v) is 8.10. The Hall–Kier alpha value is -1.21. The predicted octanol–water partition coefficient (Wildman–Crippen LogP) is 3.22. The van der Waals surface area contributed by atoms with Crippen molar-refractivity contribution in [1.29, 1.82) is 0 Å². The summed E-state index contributed by atoms with van der Waals surface area (Å²) < 4.78 is 10.8. The maximum Gasteiger partial charge on any atom is 0.222 e. The minimum atomic E-state index is 0. The molecule has 0 aromatic heterocycles. The van der Waals surface area contributed by atoms with Crippen LogP contribution in [-0.2, 0) is 11.3 Å². The van der Waals surface area contributed by atoms with Gasteiger partial charge in [0.25, 0.3) is 0 Å². The summed E-state index contributed by atoms with van der Waals surface area (Å²) in [6.45, 7) is 8.66. The number of rotatable bonds is 7. The molecule has 0 saturated carbocycles. The van der Waals surface area contributed by atoms with E-state index < -0.39 is 0 Å². The number of piperidine rings is 1. The molecule has 2 heterocycles. The number of nitrogens with zero attached hydrogens (tertiary/aromatic N) is 2. The first-order valence-electron chi connectivity index (χ1n) is 10.5. The van der Waals surface area contributed by atoms with E-state index in [9.17, 15) is 4.79 Å². The molecule has 1 aromatic rings. The highest BCUT2D eigenvalue weighted by Gasteiger charge is 2.26. The second-order valence-electron chi connectivity index (χ2n) is 8.10. The van der Waals surface area contributed by atoms with Crippen LogP contribution in [0.1, 0.15) is 31.7 Å². The van der Waals surface area contributed by atoms with Crippen LogP contribution in [0.25, 0.3) is 0 Å². The first-order chi connectivity index (χ1) is 13.6. The number of methoxy groups -OCH3 is 2. The van der Waals surface area contributed by atoms with Gasteiger partial charge in [0.05, 0.1) is 14.2 Å². The van der Waals surface area contributed by atoms with Crippen LogP contribution in [0.4, 0.5) is 0 Å². The molecule has 6 nitrogen and oxygen atoms in total. The van der Waals surface area contributed by atoms with Gasteiger partial charge in [0.2, 0.25) is 5.91 Å². The molecule has 0 aliphatic carbocycles. The number of benzene rings is 1. The third kappa shape index (κ3) is 7.19. The average Bonchev–Trinajstić information content (AvgIpc) is 2.74. The van der Waals surface area contributed by atoms with Gasteiger partial charge >= 0.3 is 0 Å². The fourth-order valence-electron chi connectivity index (χ4n) is 4.39. The highest BCUT2D eigenvalue weighted by atomic mass is 35.5. The van der Waals surface area contributed by atoms with Gasteiger partial charge in [-0.15, -0.1) is 24.8 Å². The van der Waals surface area contributed by atoms with Crippen molar-refractivity contribution in [2.24, 2.45) is 11.8 Å². The Morgan fingerprint density at radius 1 is 1.10 bits per heavy atom. The molecule has 0 radical (unpaired) electrons. The van der Waals surface area contributed by atoms with E-state index >= 15 is 0 Å². The molecule has 1 unspecified atom stereocenters. The Labute approximate surface area is 193 Å². The summed E-state index contributed by atoms with van der Waals surface area (Å²) in [6.07, 6.45) is 3.09. The van der Waals surface area contributed by atoms with Gasteiger partial charge in [0, 0.05) is 44.7 Å². The van der Waals surface area contributed by atoms with E-state index in [0.29, 0.717) is 24.2 Å². The molecule has 1 aromatic carbocycles. The Kier molecular flexibility index (Phi) is 11.9. The quantitative estimate of drug-likeness (QED) is 0.675. The summed E-state index contributed by atoms with van der Waals surface area (Å²) in [5.74, 6) is 3.22. The van der Waals surface area contributed by atoms with Crippen LogP contribution in [0.5, 0.6) is 11.5 Å². The molecule has 1 N–H and O–H groups in total. The summed E-state index contributed by atoms with van der Waals surface area (Å²) in [7, 11) is 3.38. The largest absolute Gasteiger partial charge is 0.497 e. The lowest BCUT2D eigenvalue weighted by molar-refractivity contribution is -0.134. The highest BCUT2D eigenvalue weighted by molar-refractivity contribution is 5.85. The zero-order valence-electron chi connectivity index (χ0n) is 18.4. The molecule has 172 valence electrons. The van der Waals surface area contributed by atoms with Crippen LogP contribution in [0, 0.1) is 11.8 Å². The molecule has 0 bridgehead atoms. The topological polar surface area (TPSA) is 54.0 Å². The molecule has 2 fully saturated rings. The van der Waals surface area contributed by atoms with E-state index in [1.165, 1.54) is 12.8 Å². The monoisotopic (exact) mass is 461 g/mol. The van der Waals surface area contributed by atoms with Crippen molar-refractivity contribution in [3.8, 4) is 11.5 Å². The summed E-state index contributed by atoms with van der Waals surface area (Å²) in [6, 6.07) is 5.91. The van der Waals surface area contributed by atoms with Crippen molar-refractivity contribution in [3.63, 3.8) is 0 Å². The van der Waals surface area contributed by atoms with Crippen LogP contribution in [0.2, 0.25) is 0 Å². The molecular weight excluding hydrogens is 425 g/mol. The third-order valence-corrected chi connectivity index (χ3v) is 6.29. The van der Waals surface area contributed by atoms with Gasteiger partial charge in [0.15, 0.2) is 0 Å². The first-order valence-corrected chi connectivity index (χ1v) is 10.5. The smallest absolute Gasteiger partial charge is 0.222 e. The van der Waals surface area contributed by atoms with E-state index in [-0.39, 0.29) is 24.8 Å². The Bertz CT molecular complexity index is 649. The number of nitrogens with one attached hydrogen (secondary N) is 1. The zero-order chi connectivity index (χ0) is 19.9. The Morgan fingerprint density at radius 3 is 2.37 bits per heavy atom. The van der Waals surface area contributed by atoms with Gasteiger partial charge in [0.1, 0.15) is 11.5 Å². The number of halogens is 2. The number of piperazine rings is 1. The normalized spacial score (nSPS) is 18.7. The van der Waals surface area contributed by atoms with Crippen LogP contribution in [0.15, 0.2) is 18.2 Å². The Balaban J connectivity index is 0.00000225. The van der Waals surface area contributed by atoms with Crippen LogP contribution in [-0.4, -0.2) is 69.2 Å². The predicted molar refractivity (Wildman–Crippen MR) is 125 cm³/mol. The van der Waals surface area contributed by atoms with Gasteiger partial charge in [-0.1, -0.05) is 6.92 Å². The first kappa shape index (κ1) is 26.8. The molecule has 2 saturated heterocycles. The highest BCUT2D eigenvalue weighted by Crippen LogP contribution is 2.27. The molecule has 3 rings (SSSR count).